The van der Waals surface area contributed by atoms with Crippen LogP contribution in [-0.2, 0) is 9.47 Å². The highest BCUT2D eigenvalue weighted by molar-refractivity contribution is 6.09. The minimum absolute atomic E-state index is 0.0316. The van der Waals surface area contributed by atoms with Crippen molar-refractivity contribution < 1.29 is 14.3 Å². The lowest BCUT2D eigenvalue weighted by molar-refractivity contribution is 0.103. The third-order valence-corrected chi connectivity index (χ3v) is 4.17. The Balaban J connectivity index is 1.36. The maximum atomic E-state index is 12.5. The van der Waals surface area contributed by atoms with Crippen molar-refractivity contribution in [1.82, 2.24) is 0 Å². The first-order valence-electron chi connectivity index (χ1n) is 8.24. The van der Waals surface area contributed by atoms with Crippen molar-refractivity contribution in [2.24, 2.45) is 0 Å². The van der Waals surface area contributed by atoms with Crippen LogP contribution in [0.25, 0.3) is 0 Å². The Morgan fingerprint density at radius 1 is 0.792 bits per heavy atom. The summed E-state index contributed by atoms with van der Waals surface area (Å²) < 4.78 is 10.3. The molecule has 2 heterocycles. The summed E-state index contributed by atoms with van der Waals surface area (Å²) in [7, 11) is 0. The number of hydrogen-bond acceptors (Lipinski definition) is 5. The maximum absolute atomic E-state index is 12.5. The predicted molar refractivity (Wildman–Crippen MR) is 92.8 cm³/mol. The molecule has 0 aliphatic carbocycles. The Hall–Kier alpha value is -2.37. The molecule has 0 bridgehead atoms. The second-order valence-corrected chi connectivity index (χ2v) is 6.16. The number of ketones is 1. The number of anilines is 2. The van der Waals surface area contributed by atoms with Crippen LogP contribution in [0, 0.1) is 0 Å². The van der Waals surface area contributed by atoms with Crippen molar-refractivity contribution in [2.45, 2.75) is 12.2 Å². The van der Waals surface area contributed by atoms with E-state index in [4.69, 9.17) is 9.47 Å². The average molecular weight is 324 g/mol. The van der Waals surface area contributed by atoms with Gasteiger partial charge in [0, 0.05) is 35.6 Å². The third-order valence-electron chi connectivity index (χ3n) is 4.17. The summed E-state index contributed by atoms with van der Waals surface area (Å²) in [6.45, 7) is 3.30. The van der Waals surface area contributed by atoms with Gasteiger partial charge in [0.25, 0.3) is 0 Å². The van der Waals surface area contributed by atoms with Crippen LogP contribution in [0.5, 0.6) is 0 Å². The van der Waals surface area contributed by atoms with E-state index in [-0.39, 0.29) is 5.78 Å². The van der Waals surface area contributed by atoms with Crippen molar-refractivity contribution in [3.63, 3.8) is 0 Å². The molecule has 2 saturated heterocycles. The van der Waals surface area contributed by atoms with Crippen LogP contribution >= 0.6 is 0 Å². The summed E-state index contributed by atoms with van der Waals surface area (Å²) in [5, 5.41) is 6.59. The summed E-state index contributed by atoms with van der Waals surface area (Å²) in [6.07, 6.45) is 0.676. The van der Waals surface area contributed by atoms with Gasteiger partial charge in [-0.3, -0.25) is 4.79 Å². The van der Waals surface area contributed by atoms with E-state index in [1.165, 1.54) is 0 Å². The monoisotopic (exact) mass is 324 g/mol. The molecule has 0 saturated carbocycles. The Bertz CT molecular complexity index is 643. The molecular formula is C19H20N2O3. The summed E-state index contributed by atoms with van der Waals surface area (Å²) in [5.41, 5.74) is 3.39. The molecule has 24 heavy (non-hydrogen) atoms. The lowest BCUT2D eigenvalue weighted by Gasteiger charge is -2.07. The Morgan fingerprint density at radius 3 is 1.50 bits per heavy atom. The number of benzene rings is 2. The fraction of sp³-hybridized carbons (Fsp3) is 0.316. The minimum Gasteiger partial charge on any atom is -0.382 e. The van der Waals surface area contributed by atoms with E-state index in [1.807, 2.05) is 48.5 Å². The van der Waals surface area contributed by atoms with E-state index < -0.39 is 0 Å². The van der Waals surface area contributed by atoms with Crippen LogP contribution in [-0.4, -0.2) is 44.3 Å². The van der Waals surface area contributed by atoms with Gasteiger partial charge < -0.3 is 20.1 Å². The summed E-state index contributed by atoms with van der Waals surface area (Å²) in [5.74, 6) is 0.0316. The van der Waals surface area contributed by atoms with Crippen molar-refractivity contribution in [1.29, 1.82) is 0 Å². The van der Waals surface area contributed by atoms with Crippen LogP contribution < -0.4 is 10.6 Å². The zero-order chi connectivity index (χ0) is 16.4. The first-order valence-corrected chi connectivity index (χ1v) is 8.24. The molecule has 5 heteroatoms. The molecule has 5 nitrogen and oxygen atoms in total. The van der Waals surface area contributed by atoms with Gasteiger partial charge in [0.2, 0.25) is 0 Å². The number of nitrogens with one attached hydrogen (secondary N) is 2. The Kier molecular flexibility index (Phi) is 4.19. The highest BCUT2D eigenvalue weighted by Crippen LogP contribution is 2.18. The van der Waals surface area contributed by atoms with Gasteiger partial charge in [-0.1, -0.05) is 0 Å². The van der Waals surface area contributed by atoms with Crippen LogP contribution in [0.15, 0.2) is 48.5 Å². The second-order valence-electron chi connectivity index (χ2n) is 6.16. The standard InChI is InChI=1S/C19H20N2O3/c22-19(13-1-5-15(6-2-13)20-9-17-11-23-17)14-3-7-16(8-4-14)21-10-18-12-24-18/h1-8,17-18,20-21H,9-12H2. The molecule has 2 unspecified atom stereocenters. The van der Waals surface area contributed by atoms with Crippen molar-refractivity contribution >= 4 is 17.2 Å². The second kappa shape index (κ2) is 6.63. The quantitative estimate of drug-likeness (QED) is 0.577. The molecule has 2 aliphatic rings. The van der Waals surface area contributed by atoms with Crippen LogP contribution in [0.2, 0.25) is 0 Å². The fourth-order valence-electron chi connectivity index (χ4n) is 2.48. The number of carbonyl (C=O) groups is 1. The molecule has 4 rings (SSSR count). The summed E-state index contributed by atoms with van der Waals surface area (Å²) in [6, 6.07) is 15.2. The number of ether oxygens (including phenoxy) is 2. The summed E-state index contributed by atoms with van der Waals surface area (Å²) in [4.78, 5) is 12.5. The molecule has 0 radical (unpaired) electrons. The number of carbonyl (C=O) groups excluding carboxylic acids is 1. The molecule has 0 amide bonds. The van der Waals surface area contributed by atoms with Gasteiger partial charge in [0.1, 0.15) is 0 Å². The molecule has 2 fully saturated rings. The first-order chi connectivity index (χ1) is 11.8. The molecular weight excluding hydrogens is 304 g/mol. The molecule has 0 aromatic heterocycles. The normalized spacial score (nSPS) is 21.2. The van der Waals surface area contributed by atoms with E-state index in [0.717, 1.165) is 37.7 Å². The zero-order valence-electron chi connectivity index (χ0n) is 13.3. The maximum Gasteiger partial charge on any atom is 0.193 e. The van der Waals surface area contributed by atoms with Crippen molar-refractivity contribution in [3.8, 4) is 0 Å². The van der Waals surface area contributed by atoms with E-state index in [9.17, 15) is 4.79 Å². The van der Waals surface area contributed by atoms with Crippen molar-refractivity contribution in [2.75, 3.05) is 36.9 Å². The molecule has 2 aliphatic heterocycles. The first kappa shape index (κ1) is 15.2. The zero-order valence-corrected chi connectivity index (χ0v) is 13.3. The Morgan fingerprint density at radius 2 is 1.17 bits per heavy atom. The Labute approximate surface area is 141 Å². The van der Waals surface area contributed by atoms with Crippen LogP contribution in [0.4, 0.5) is 11.4 Å². The molecule has 0 spiro atoms. The lowest BCUT2D eigenvalue weighted by atomic mass is 10.0. The fourth-order valence-corrected chi connectivity index (χ4v) is 2.48. The van der Waals surface area contributed by atoms with Gasteiger partial charge in [-0.15, -0.1) is 0 Å². The van der Waals surface area contributed by atoms with E-state index in [2.05, 4.69) is 10.6 Å². The lowest BCUT2D eigenvalue weighted by Crippen LogP contribution is -2.08. The van der Waals surface area contributed by atoms with Gasteiger partial charge in [-0.2, -0.15) is 0 Å². The van der Waals surface area contributed by atoms with E-state index in [1.54, 1.807) is 0 Å². The van der Waals surface area contributed by atoms with E-state index in [0.29, 0.717) is 23.3 Å². The van der Waals surface area contributed by atoms with Gasteiger partial charge >= 0.3 is 0 Å². The number of rotatable bonds is 8. The SMILES string of the molecule is O=C(c1ccc(NCC2CO2)cc1)c1ccc(NCC2CO2)cc1. The molecule has 2 atom stereocenters. The topological polar surface area (TPSA) is 66.2 Å². The molecule has 2 N–H and O–H groups in total. The number of hydrogen-bond donors (Lipinski definition) is 2. The van der Waals surface area contributed by atoms with Crippen LogP contribution in [0.1, 0.15) is 15.9 Å². The summed E-state index contributed by atoms with van der Waals surface area (Å²) >= 11 is 0. The smallest absolute Gasteiger partial charge is 0.193 e. The third kappa shape index (κ3) is 3.93. The van der Waals surface area contributed by atoms with Crippen molar-refractivity contribution in [3.05, 3.63) is 59.7 Å². The van der Waals surface area contributed by atoms with E-state index >= 15 is 0 Å². The minimum atomic E-state index is 0.0316. The van der Waals surface area contributed by atoms with Gasteiger partial charge in [0.15, 0.2) is 5.78 Å². The van der Waals surface area contributed by atoms with Crippen LogP contribution in [0.3, 0.4) is 0 Å². The molecule has 2 aromatic rings. The highest BCUT2D eigenvalue weighted by atomic mass is 16.6. The average Bonchev–Trinajstić information content (AvgIpc) is 3.53. The predicted octanol–water partition coefficient (Wildman–Crippen LogP) is 2.54. The molecule has 124 valence electrons. The van der Waals surface area contributed by atoms with Gasteiger partial charge in [-0.25, -0.2) is 0 Å². The highest BCUT2D eigenvalue weighted by Gasteiger charge is 2.22. The largest absolute Gasteiger partial charge is 0.382 e. The number of epoxide rings is 2. The molecule has 2 aromatic carbocycles. The van der Waals surface area contributed by atoms with Gasteiger partial charge in [0.05, 0.1) is 25.4 Å². The van der Waals surface area contributed by atoms with Gasteiger partial charge in [-0.05, 0) is 48.5 Å².